The third-order valence-electron chi connectivity index (χ3n) is 5.17. The summed E-state index contributed by atoms with van der Waals surface area (Å²) in [5, 5.41) is 0. The van der Waals surface area contributed by atoms with Gasteiger partial charge in [-0.25, -0.2) is 14.2 Å². The summed E-state index contributed by atoms with van der Waals surface area (Å²) in [4.78, 5) is 42.5. The van der Waals surface area contributed by atoms with Crippen LogP contribution in [0.25, 0.3) is 6.08 Å². The van der Waals surface area contributed by atoms with Gasteiger partial charge in [0.1, 0.15) is 11.6 Å². The Hall–Kier alpha value is -3.85. The maximum Gasteiger partial charge on any atom is 0.338 e. The SMILES string of the molecule is CCOC(=O)C1=C(C)N=c2s/c(=C/c3ccccc3F)c(=O)n2C1c1ccc(OC(C)=O)cc1. The Labute approximate surface area is 198 Å². The number of carbonyl (C=O) groups excluding carboxylic acids is 2. The van der Waals surface area contributed by atoms with Crippen LogP contribution in [0.2, 0.25) is 0 Å². The summed E-state index contributed by atoms with van der Waals surface area (Å²) in [5.74, 6) is -1.16. The van der Waals surface area contributed by atoms with Crippen molar-refractivity contribution in [3.05, 3.63) is 96.4 Å². The molecular weight excluding hydrogens is 459 g/mol. The average molecular weight is 481 g/mol. The molecule has 0 radical (unpaired) electrons. The number of carbonyl (C=O) groups is 2. The van der Waals surface area contributed by atoms with Gasteiger partial charge in [0.25, 0.3) is 5.56 Å². The fourth-order valence-electron chi connectivity index (χ4n) is 3.72. The van der Waals surface area contributed by atoms with Gasteiger partial charge in [-0.2, -0.15) is 0 Å². The molecule has 7 nitrogen and oxygen atoms in total. The number of rotatable bonds is 5. The van der Waals surface area contributed by atoms with Gasteiger partial charge in [0, 0.05) is 12.5 Å². The quantitative estimate of drug-likeness (QED) is 0.414. The van der Waals surface area contributed by atoms with Crippen molar-refractivity contribution in [2.45, 2.75) is 26.8 Å². The number of hydrogen-bond acceptors (Lipinski definition) is 7. The van der Waals surface area contributed by atoms with E-state index in [0.717, 1.165) is 11.3 Å². The highest BCUT2D eigenvalue weighted by Crippen LogP contribution is 2.31. The van der Waals surface area contributed by atoms with Crippen molar-refractivity contribution in [2.75, 3.05) is 6.61 Å². The van der Waals surface area contributed by atoms with Crippen molar-refractivity contribution in [3.8, 4) is 5.75 Å². The van der Waals surface area contributed by atoms with Crippen LogP contribution in [0.5, 0.6) is 5.75 Å². The second-order valence-electron chi connectivity index (χ2n) is 7.49. The van der Waals surface area contributed by atoms with Gasteiger partial charge in [-0.05, 0) is 43.7 Å². The normalized spacial score (nSPS) is 15.5. The van der Waals surface area contributed by atoms with E-state index in [0.29, 0.717) is 21.8 Å². The molecule has 0 saturated heterocycles. The number of allylic oxidation sites excluding steroid dienone is 1. The predicted octanol–water partition coefficient (Wildman–Crippen LogP) is 2.86. The molecule has 1 atom stereocenters. The number of hydrogen-bond donors (Lipinski definition) is 0. The molecule has 0 amide bonds. The van der Waals surface area contributed by atoms with E-state index < -0.39 is 29.4 Å². The number of aromatic nitrogens is 1. The summed E-state index contributed by atoms with van der Waals surface area (Å²) in [6.07, 6.45) is 1.48. The summed E-state index contributed by atoms with van der Waals surface area (Å²) in [6.45, 7) is 4.83. The van der Waals surface area contributed by atoms with E-state index in [2.05, 4.69) is 4.99 Å². The second kappa shape index (κ2) is 9.56. The number of nitrogens with zero attached hydrogens (tertiary/aromatic N) is 2. The van der Waals surface area contributed by atoms with Gasteiger partial charge in [0.2, 0.25) is 0 Å². The monoisotopic (exact) mass is 480 g/mol. The van der Waals surface area contributed by atoms with E-state index in [9.17, 15) is 18.8 Å². The van der Waals surface area contributed by atoms with Crippen molar-refractivity contribution in [1.29, 1.82) is 0 Å². The number of benzene rings is 2. The maximum atomic E-state index is 14.2. The Balaban J connectivity index is 1.92. The lowest BCUT2D eigenvalue weighted by Crippen LogP contribution is -2.39. The topological polar surface area (TPSA) is 87.0 Å². The molecule has 34 heavy (non-hydrogen) atoms. The molecule has 1 aliphatic rings. The van der Waals surface area contributed by atoms with Gasteiger partial charge < -0.3 is 9.47 Å². The summed E-state index contributed by atoms with van der Waals surface area (Å²) in [6, 6.07) is 11.9. The third kappa shape index (κ3) is 4.47. The first kappa shape index (κ1) is 23.3. The van der Waals surface area contributed by atoms with Gasteiger partial charge in [0.05, 0.1) is 28.5 Å². The zero-order valence-corrected chi connectivity index (χ0v) is 19.5. The molecule has 1 aliphatic heterocycles. The predicted molar refractivity (Wildman–Crippen MR) is 125 cm³/mol. The van der Waals surface area contributed by atoms with Crippen molar-refractivity contribution in [1.82, 2.24) is 4.57 Å². The summed E-state index contributed by atoms with van der Waals surface area (Å²) in [5.41, 5.74) is 1.12. The van der Waals surface area contributed by atoms with Gasteiger partial charge in [-0.15, -0.1) is 0 Å². The first-order valence-electron chi connectivity index (χ1n) is 10.5. The minimum absolute atomic E-state index is 0.158. The number of esters is 2. The van der Waals surface area contributed by atoms with Crippen molar-refractivity contribution in [2.24, 2.45) is 4.99 Å². The van der Waals surface area contributed by atoms with Crippen LogP contribution < -0.4 is 19.6 Å². The van der Waals surface area contributed by atoms with Crippen LogP contribution in [-0.4, -0.2) is 23.1 Å². The lowest BCUT2D eigenvalue weighted by atomic mass is 9.96. The average Bonchev–Trinajstić information content (AvgIpc) is 3.09. The van der Waals surface area contributed by atoms with E-state index in [1.54, 1.807) is 56.3 Å². The Bertz CT molecular complexity index is 1480. The molecule has 0 bridgehead atoms. The molecule has 3 aromatic rings. The second-order valence-corrected chi connectivity index (χ2v) is 8.50. The molecule has 9 heteroatoms. The van der Waals surface area contributed by atoms with Crippen LogP contribution in [0.4, 0.5) is 4.39 Å². The standard InChI is InChI=1S/C25H21FN2O5S/c1-4-32-24(31)21-14(2)27-25-28(22(21)16-9-11-18(12-10-16)33-15(3)29)23(30)20(34-25)13-17-7-5-6-8-19(17)26/h5-13,22H,4H2,1-3H3/b20-13+. The fraction of sp³-hybridized carbons (Fsp3) is 0.200. The summed E-state index contributed by atoms with van der Waals surface area (Å²) < 4.78 is 26.3. The molecule has 0 N–H and O–H groups in total. The summed E-state index contributed by atoms with van der Waals surface area (Å²) >= 11 is 1.11. The molecule has 4 rings (SSSR count). The highest BCUT2D eigenvalue weighted by atomic mass is 32.1. The maximum absolute atomic E-state index is 14.2. The molecule has 1 aromatic heterocycles. The minimum Gasteiger partial charge on any atom is -0.463 e. The first-order valence-corrected chi connectivity index (χ1v) is 11.3. The van der Waals surface area contributed by atoms with E-state index in [-0.39, 0.29) is 22.3 Å². The number of halogens is 1. The van der Waals surface area contributed by atoms with Gasteiger partial charge in [-0.1, -0.05) is 41.7 Å². The Morgan fingerprint density at radius 1 is 1.18 bits per heavy atom. The molecule has 0 saturated carbocycles. The smallest absolute Gasteiger partial charge is 0.338 e. The van der Waals surface area contributed by atoms with E-state index in [4.69, 9.17) is 9.47 Å². The van der Waals surface area contributed by atoms with Crippen LogP contribution in [0.15, 0.2) is 69.6 Å². The number of ether oxygens (including phenoxy) is 2. The highest BCUT2D eigenvalue weighted by molar-refractivity contribution is 7.07. The van der Waals surface area contributed by atoms with Gasteiger partial charge >= 0.3 is 11.9 Å². The van der Waals surface area contributed by atoms with Crippen LogP contribution in [0.1, 0.15) is 37.9 Å². The first-order chi connectivity index (χ1) is 16.3. The Kier molecular flexibility index (Phi) is 6.56. The molecule has 1 unspecified atom stereocenters. The molecule has 0 aliphatic carbocycles. The largest absolute Gasteiger partial charge is 0.463 e. The molecule has 0 fully saturated rings. The minimum atomic E-state index is -0.815. The molecular formula is C25H21FN2O5S. The highest BCUT2D eigenvalue weighted by Gasteiger charge is 2.33. The Morgan fingerprint density at radius 2 is 1.88 bits per heavy atom. The molecule has 2 heterocycles. The zero-order chi connectivity index (χ0) is 24.4. The number of thiazole rings is 1. The van der Waals surface area contributed by atoms with Crippen LogP contribution >= 0.6 is 11.3 Å². The van der Waals surface area contributed by atoms with Crippen molar-refractivity contribution >= 4 is 29.4 Å². The fourth-order valence-corrected chi connectivity index (χ4v) is 4.76. The van der Waals surface area contributed by atoms with E-state index in [1.807, 2.05) is 0 Å². The lowest BCUT2D eigenvalue weighted by Gasteiger charge is -2.24. The van der Waals surface area contributed by atoms with Gasteiger partial charge in [0.15, 0.2) is 4.80 Å². The van der Waals surface area contributed by atoms with Crippen molar-refractivity contribution in [3.63, 3.8) is 0 Å². The zero-order valence-electron chi connectivity index (χ0n) is 18.7. The molecule has 174 valence electrons. The van der Waals surface area contributed by atoms with Crippen LogP contribution in [0.3, 0.4) is 0 Å². The molecule has 2 aromatic carbocycles. The third-order valence-corrected chi connectivity index (χ3v) is 6.15. The summed E-state index contributed by atoms with van der Waals surface area (Å²) in [7, 11) is 0. The van der Waals surface area contributed by atoms with Gasteiger partial charge in [-0.3, -0.25) is 14.2 Å². The lowest BCUT2D eigenvalue weighted by molar-refractivity contribution is -0.139. The van der Waals surface area contributed by atoms with Crippen LogP contribution in [-0.2, 0) is 14.3 Å². The van der Waals surface area contributed by atoms with Crippen LogP contribution in [0, 0.1) is 5.82 Å². The number of fused-ring (bicyclic) bond motifs is 1. The Morgan fingerprint density at radius 3 is 2.53 bits per heavy atom. The van der Waals surface area contributed by atoms with E-state index in [1.165, 1.54) is 23.6 Å². The van der Waals surface area contributed by atoms with E-state index >= 15 is 0 Å². The van der Waals surface area contributed by atoms with Crippen molar-refractivity contribution < 1.29 is 23.5 Å². The molecule has 0 spiro atoms.